The highest BCUT2D eigenvalue weighted by Crippen LogP contribution is 2.56. The van der Waals surface area contributed by atoms with Crippen LogP contribution in [0.1, 0.15) is 27.0 Å². The van der Waals surface area contributed by atoms with E-state index in [1.165, 1.54) is 18.2 Å². The van der Waals surface area contributed by atoms with E-state index in [0.717, 1.165) is 0 Å². The molecule has 121 valence electrons. The van der Waals surface area contributed by atoms with Gasteiger partial charge in [0.15, 0.2) is 5.60 Å². The fourth-order valence-corrected chi connectivity index (χ4v) is 3.58. The van der Waals surface area contributed by atoms with Crippen molar-refractivity contribution in [1.82, 2.24) is 0 Å². The molecule has 5 rings (SSSR count). The average molecular weight is 331 g/mol. The topological polar surface area (TPSA) is 76.0 Å². The zero-order chi connectivity index (χ0) is 17.2. The molecule has 25 heavy (non-hydrogen) atoms. The van der Waals surface area contributed by atoms with Crippen molar-refractivity contribution in [1.29, 1.82) is 0 Å². The first-order chi connectivity index (χ1) is 12.1. The molecular formula is C20H11O5. The van der Waals surface area contributed by atoms with Gasteiger partial charge in [-0.15, -0.1) is 0 Å². The number of hydrogen-bond donors (Lipinski definition) is 2. The van der Waals surface area contributed by atoms with Crippen molar-refractivity contribution in [3.05, 3.63) is 82.9 Å². The number of fused-ring (bicyclic) bond motifs is 6. The van der Waals surface area contributed by atoms with Crippen molar-refractivity contribution in [3.63, 3.8) is 0 Å². The Morgan fingerprint density at radius 3 is 2.60 bits per heavy atom. The number of benzene rings is 3. The summed E-state index contributed by atoms with van der Waals surface area (Å²) in [4.78, 5) is 12.5. The summed E-state index contributed by atoms with van der Waals surface area (Å²) in [6.07, 6.45) is 0. The Hall–Kier alpha value is -3.47. The first-order valence-corrected chi connectivity index (χ1v) is 7.69. The van der Waals surface area contributed by atoms with E-state index in [2.05, 4.69) is 6.07 Å². The van der Waals surface area contributed by atoms with Crippen LogP contribution in [0, 0.1) is 6.07 Å². The molecule has 2 aliphatic rings. The lowest BCUT2D eigenvalue weighted by Gasteiger charge is -2.36. The largest absolute Gasteiger partial charge is 0.508 e. The van der Waals surface area contributed by atoms with E-state index in [1.54, 1.807) is 24.3 Å². The predicted octanol–water partition coefficient (Wildman–Crippen LogP) is 3.47. The van der Waals surface area contributed by atoms with Gasteiger partial charge in [-0.3, -0.25) is 0 Å². The van der Waals surface area contributed by atoms with Crippen molar-refractivity contribution < 1.29 is 24.5 Å². The zero-order valence-corrected chi connectivity index (χ0v) is 12.8. The molecule has 0 aliphatic carbocycles. The smallest absolute Gasteiger partial charge is 0.340 e. The monoisotopic (exact) mass is 331 g/mol. The van der Waals surface area contributed by atoms with Gasteiger partial charge in [-0.05, 0) is 30.3 Å². The fourth-order valence-electron chi connectivity index (χ4n) is 3.58. The Bertz CT molecular complexity index is 1000. The number of ether oxygens (including phenoxy) is 2. The van der Waals surface area contributed by atoms with E-state index in [-0.39, 0.29) is 17.2 Å². The minimum Gasteiger partial charge on any atom is -0.508 e. The maximum Gasteiger partial charge on any atom is 0.340 e. The molecule has 3 aromatic carbocycles. The third kappa shape index (κ3) is 1.69. The summed E-state index contributed by atoms with van der Waals surface area (Å²) in [6, 6.07) is 17.7. The summed E-state index contributed by atoms with van der Waals surface area (Å²) in [7, 11) is 0. The Balaban J connectivity index is 1.91. The van der Waals surface area contributed by atoms with Gasteiger partial charge in [0.05, 0.1) is 11.6 Å². The summed E-state index contributed by atoms with van der Waals surface area (Å²) in [5.74, 6) is 0.0993. The highest BCUT2D eigenvalue weighted by atomic mass is 16.6. The molecule has 1 atom stereocenters. The van der Waals surface area contributed by atoms with Gasteiger partial charge in [-0.25, -0.2) is 4.79 Å². The van der Waals surface area contributed by atoms with Gasteiger partial charge in [-0.2, -0.15) is 0 Å². The minimum absolute atomic E-state index is 0.0233. The van der Waals surface area contributed by atoms with Crippen LogP contribution in [0.2, 0.25) is 0 Å². The van der Waals surface area contributed by atoms with E-state index in [9.17, 15) is 15.0 Å². The third-order valence-corrected chi connectivity index (χ3v) is 4.60. The highest BCUT2D eigenvalue weighted by molar-refractivity contribution is 5.97. The van der Waals surface area contributed by atoms with E-state index >= 15 is 0 Å². The second kappa shape index (κ2) is 4.54. The van der Waals surface area contributed by atoms with Gasteiger partial charge in [0.1, 0.15) is 23.0 Å². The minimum atomic E-state index is -1.20. The van der Waals surface area contributed by atoms with Gasteiger partial charge in [0, 0.05) is 22.8 Å². The second-order valence-corrected chi connectivity index (χ2v) is 5.99. The first kappa shape index (κ1) is 13.9. The van der Waals surface area contributed by atoms with Crippen molar-refractivity contribution in [2.45, 2.75) is 5.60 Å². The van der Waals surface area contributed by atoms with Crippen LogP contribution in [0.3, 0.4) is 0 Å². The molecule has 2 aliphatic heterocycles. The maximum absolute atomic E-state index is 12.5. The number of carbonyl (C=O) groups is 1. The molecule has 5 heteroatoms. The third-order valence-electron chi connectivity index (χ3n) is 4.60. The number of rotatable bonds is 0. The molecule has 0 saturated carbocycles. The van der Waals surface area contributed by atoms with Crippen LogP contribution < -0.4 is 4.74 Å². The molecule has 1 spiro atoms. The van der Waals surface area contributed by atoms with Crippen LogP contribution in [-0.4, -0.2) is 16.2 Å². The number of hydrogen-bond acceptors (Lipinski definition) is 5. The van der Waals surface area contributed by atoms with Crippen molar-refractivity contribution in [3.8, 4) is 23.0 Å². The summed E-state index contributed by atoms with van der Waals surface area (Å²) < 4.78 is 11.7. The highest BCUT2D eigenvalue weighted by Gasteiger charge is 2.53. The fraction of sp³-hybridized carbons (Fsp3) is 0.0500. The number of esters is 1. The molecule has 2 heterocycles. The molecular weight excluding hydrogens is 320 g/mol. The van der Waals surface area contributed by atoms with Gasteiger partial charge in [0.25, 0.3) is 0 Å². The SMILES string of the molecule is O=C1OC2(c3ccc(O)[c]c3Oc3cc(O)ccc32)c2ccccc21. The summed E-state index contributed by atoms with van der Waals surface area (Å²) >= 11 is 0. The molecule has 1 unspecified atom stereocenters. The molecule has 3 aromatic rings. The average Bonchev–Trinajstić information content (AvgIpc) is 2.88. The van der Waals surface area contributed by atoms with Crippen LogP contribution in [0.4, 0.5) is 0 Å². The van der Waals surface area contributed by atoms with E-state index < -0.39 is 11.6 Å². The molecule has 0 bridgehead atoms. The first-order valence-electron chi connectivity index (χ1n) is 7.69. The standard InChI is InChI=1S/C20H11O5/c21-11-5-7-15-17(9-11)24-18-10-12(22)6-8-16(18)20(15)14-4-2-1-3-13(14)19(23)25-20/h1-9,21-22H. The molecule has 0 amide bonds. The summed E-state index contributed by atoms with van der Waals surface area (Å²) in [5.41, 5.74) is 1.14. The van der Waals surface area contributed by atoms with Crippen LogP contribution >= 0.6 is 0 Å². The lowest BCUT2D eigenvalue weighted by molar-refractivity contribution is 0.0224. The van der Waals surface area contributed by atoms with E-state index in [1.807, 2.05) is 12.1 Å². The Kier molecular flexibility index (Phi) is 2.53. The van der Waals surface area contributed by atoms with Crippen LogP contribution in [0.15, 0.2) is 54.6 Å². The summed E-state index contributed by atoms with van der Waals surface area (Å²) in [5, 5.41) is 19.6. The van der Waals surface area contributed by atoms with Gasteiger partial charge in [0.2, 0.25) is 0 Å². The predicted molar refractivity (Wildman–Crippen MR) is 86.9 cm³/mol. The molecule has 0 aromatic heterocycles. The Labute approximate surface area is 142 Å². The van der Waals surface area contributed by atoms with Gasteiger partial charge >= 0.3 is 5.97 Å². The van der Waals surface area contributed by atoms with E-state index in [0.29, 0.717) is 28.0 Å². The molecule has 0 saturated heterocycles. The van der Waals surface area contributed by atoms with Crippen LogP contribution in [0.25, 0.3) is 0 Å². The quantitative estimate of drug-likeness (QED) is 0.617. The van der Waals surface area contributed by atoms with Crippen LogP contribution in [0.5, 0.6) is 23.0 Å². The lowest BCUT2D eigenvalue weighted by Crippen LogP contribution is -2.32. The molecule has 0 fully saturated rings. The van der Waals surface area contributed by atoms with Crippen molar-refractivity contribution >= 4 is 5.97 Å². The zero-order valence-electron chi connectivity index (χ0n) is 12.8. The number of phenolic OH excluding ortho intramolecular Hbond substituents is 2. The molecule has 2 N–H and O–H groups in total. The van der Waals surface area contributed by atoms with Crippen molar-refractivity contribution in [2.75, 3.05) is 0 Å². The summed E-state index contributed by atoms with van der Waals surface area (Å²) in [6.45, 7) is 0. The maximum atomic E-state index is 12.5. The molecule has 5 nitrogen and oxygen atoms in total. The van der Waals surface area contributed by atoms with Gasteiger partial charge < -0.3 is 19.7 Å². The number of carbonyl (C=O) groups excluding carboxylic acids is 1. The van der Waals surface area contributed by atoms with Crippen molar-refractivity contribution in [2.24, 2.45) is 0 Å². The Morgan fingerprint density at radius 2 is 1.72 bits per heavy atom. The number of phenols is 2. The second-order valence-electron chi connectivity index (χ2n) is 5.99. The van der Waals surface area contributed by atoms with E-state index in [4.69, 9.17) is 9.47 Å². The normalized spacial score (nSPS) is 15.8. The van der Waals surface area contributed by atoms with Gasteiger partial charge in [-0.1, -0.05) is 18.2 Å². The van der Waals surface area contributed by atoms with Crippen LogP contribution in [-0.2, 0) is 10.3 Å². The Morgan fingerprint density at radius 1 is 0.920 bits per heavy atom. The lowest BCUT2D eigenvalue weighted by atomic mass is 9.77. The molecule has 1 radical (unpaired) electrons. The number of aromatic hydroxyl groups is 2.